The maximum Gasteiger partial charge on any atom is 0.243 e. The minimum atomic E-state index is 0. The molecule has 0 unspecified atom stereocenters. The maximum absolute atomic E-state index is 11.2. The van der Waals surface area contributed by atoms with Gasteiger partial charge in [-0.3, -0.25) is 4.79 Å². The molecule has 0 aromatic rings. The van der Waals surface area contributed by atoms with Crippen molar-refractivity contribution in [3.63, 3.8) is 0 Å². The number of carbonyl (C=O) groups is 1. The summed E-state index contributed by atoms with van der Waals surface area (Å²) >= 11 is 0. The summed E-state index contributed by atoms with van der Waals surface area (Å²) in [6.07, 6.45) is 1.44. The normalized spacial score (nSPS) is 17.5. The van der Waals surface area contributed by atoms with E-state index in [0.29, 0.717) is 6.42 Å². The molecule has 0 aliphatic carbocycles. The topological polar surface area (TPSA) is 32.7 Å². The monoisotopic (exact) mass is 170 g/mol. The molecule has 12 heavy (non-hydrogen) atoms. The van der Waals surface area contributed by atoms with Gasteiger partial charge in [0.1, 0.15) is 0 Å². The second-order valence-electron chi connectivity index (χ2n) is 3.17. The number of amides is 1. The van der Waals surface area contributed by atoms with Crippen molar-refractivity contribution in [1.29, 1.82) is 0 Å². The minimum absolute atomic E-state index is 0. The lowest BCUT2D eigenvalue weighted by Crippen LogP contribution is -2.36. The van der Waals surface area contributed by atoms with Crippen LogP contribution in [-0.2, 0) is 4.79 Å². The zero-order chi connectivity index (χ0) is 8.43. The summed E-state index contributed by atoms with van der Waals surface area (Å²) in [5, 5.41) is 5.73. The van der Waals surface area contributed by atoms with Gasteiger partial charge in [0.15, 0.2) is 0 Å². The summed E-state index contributed by atoms with van der Waals surface area (Å²) in [4.78, 5) is 11.2. The van der Waals surface area contributed by atoms with Gasteiger partial charge in [0, 0.05) is 18.2 Å². The van der Waals surface area contributed by atoms with E-state index in [-0.39, 0.29) is 19.4 Å². The molecule has 0 N–H and O–H groups in total. The van der Waals surface area contributed by atoms with Gasteiger partial charge in [0.25, 0.3) is 0 Å². The van der Waals surface area contributed by atoms with E-state index < -0.39 is 0 Å². The van der Waals surface area contributed by atoms with E-state index in [4.69, 9.17) is 0 Å². The Bertz CT molecular complexity index is 197. The molecule has 0 bridgehead atoms. The Morgan fingerprint density at radius 1 is 1.42 bits per heavy atom. The largest absolute Gasteiger partial charge is 0.273 e. The molecule has 1 amide bonds. The number of rotatable bonds is 1. The van der Waals surface area contributed by atoms with Crippen molar-refractivity contribution in [3.05, 3.63) is 0 Å². The molecular formula is C9H18N2O. The SMILES string of the molecule is C.CC1=NN(C(C)C)C(=O)CC1. The van der Waals surface area contributed by atoms with E-state index in [0.717, 1.165) is 12.1 Å². The van der Waals surface area contributed by atoms with Crippen LogP contribution in [0.1, 0.15) is 41.0 Å². The first kappa shape index (κ1) is 11.1. The summed E-state index contributed by atoms with van der Waals surface area (Å²) in [5.41, 5.74) is 1.05. The van der Waals surface area contributed by atoms with Gasteiger partial charge in [-0.05, 0) is 27.2 Å². The zero-order valence-electron chi connectivity index (χ0n) is 7.29. The van der Waals surface area contributed by atoms with Crippen LogP contribution in [0.2, 0.25) is 0 Å². The first-order valence-electron chi connectivity index (χ1n) is 3.97. The molecule has 3 nitrogen and oxygen atoms in total. The van der Waals surface area contributed by atoms with E-state index in [1.165, 1.54) is 0 Å². The summed E-state index contributed by atoms with van der Waals surface area (Å²) in [5.74, 6) is 0.144. The van der Waals surface area contributed by atoms with E-state index in [1.54, 1.807) is 5.01 Å². The standard InChI is InChI=1S/C8H14N2O.CH4/c1-6(2)10-8(11)5-4-7(3)9-10;/h6H,4-5H2,1-3H3;1H4. The minimum Gasteiger partial charge on any atom is -0.273 e. The summed E-state index contributed by atoms with van der Waals surface area (Å²) in [7, 11) is 0. The first-order chi connectivity index (χ1) is 5.11. The van der Waals surface area contributed by atoms with Crippen LogP contribution >= 0.6 is 0 Å². The number of hydrogen-bond donors (Lipinski definition) is 0. The van der Waals surface area contributed by atoms with Crippen LogP contribution in [-0.4, -0.2) is 22.7 Å². The molecule has 70 valence electrons. The summed E-state index contributed by atoms with van der Waals surface area (Å²) in [6.45, 7) is 5.90. The van der Waals surface area contributed by atoms with Crippen molar-refractivity contribution in [2.24, 2.45) is 5.10 Å². The van der Waals surface area contributed by atoms with Crippen LogP contribution in [0.4, 0.5) is 0 Å². The fourth-order valence-corrected chi connectivity index (χ4v) is 1.10. The lowest BCUT2D eigenvalue weighted by Gasteiger charge is -2.25. The molecule has 0 spiro atoms. The van der Waals surface area contributed by atoms with E-state index in [2.05, 4.69) is 5.10 Å². The Hall–Kier alpha value is -0.860. The van der Waals surface area contributed by atoms with Gasteiger partial charge in [-0.25, -0.2) is 5.01 Å². The maximum atomic E-state index is 11.2. The third kappa shape index (κ3) is 2.32. The Morgan fingerprint density at radius 3 is 2.42 bits per heavy atom. The highest BCUT2D eigenvalue weighted by atomic mass is 16.2. The van der Waals surface area contributed by atoms with Crippen LogP contribution in [0.3, 0.4) is 0 Å². The first-order valence-corrected chi connectivity index (χ1v) is 3.97. The highest BCUT2D eigenvalue weighted by molar-refractivity contribution is 5.91. The van der Waals surface area contributed by atoms with Crippen LogP contribution < -0.4 is 0 Å². The van der Waals surface area contributed by atoms with Crippen molar-refractivity contribution < 1.29 is 4.79 Å². The highest BCUT2D eigenvalue weighted by Gasteiger charge is 2.20. The van der Waals surface area contributed by atoms with E-state index in [9.17, 15) is 4.79 Å². The second-order valence-corrected chi connectivity index (χ2v) is 3.17. The number of hydrazone groups is 1. The smallest absolute Gasteiger partial charge is 0.243 e. The van der Waals surface area contributed by atoms with E-state index >= 15 is 0 Å². The highest BCUT2D eigenvalue weighted by Crippen LogP contribution is 2.11. The Kier molecular flexibility index (Phi) is 3.93. The zero-order valence-corrected chi connectivity index (χ0v) is 7.29. The predicted molar refractivity (Wildman–Crippen MR) is 51.1 cm³/mol. The number of carbonyl (C=O) groups excluding carboxylic acids is 1. The van der Waals surface area contributed by atoms with Crippen molar-refractivity contribution in [1.82, 2.24) is 5.01 Å². The Morgan fingerprint density at radius 2 is 2.00 bits per heavy atom. The number of hydrogen-bond acceptors (Lipinski definition) is 2. The fraction of sp³-hybridized carbons (Fsp3) is 0.778. The van der Waals surface area contributed by atoms with Gasteiger partial charge in [0.2, 0.25) is 5.91 Å². The van der Waals surface area contributed by atoms with Gasteiger partial charge in [-0.1, -0.05) is 7.43 Å². The molecule has 1 aliphatic rings. The third-order valence-corrected chi connectivity index (χ3v) is 1.72. The predicted octanol–water partition coefficient (Wildman–Crippen LogP) is 2.03. The molecule has 1 rings (SSSR count). The van der Waals surface area contributed by atoms with Gasteiger partial charge in [-0.2, -0.15) is 5.10 Å². The van der Waals surface area contributed by atoms with Crippen molar-refractivity contribution in [3.8, 4) is 0 Å². The molecule has 0 saturated heterocycles. The molecule has 1 heterocycles. The lowest BCUT2D eigenvalue weighted by atomic mass is 10.2. The van der Waals surface area contributed by atoms with E-state index in [1.807, 2.05) is 20.8 Å². The van der Waals surface area contributed by atoms with Gasteiger partial charge in [0.05, 0.1) is 0 Å². The second kappa shape index (κ2) is 4.24. The van der Waals surface area contributed by atoms with Gasteiger partial charge < -0.3 is 0 Å². The average molecular weight is 170 g/mol. The van der Waals surface area contributed by atoms with Crippen LogP contribution in [0.25, 0.3) is 0 Å². The molecule has 0 saturated carbocycles. The molecule has 0 fully saturated rings. The quantitative estimate of drug-likeness (QED) is 0.592. The van der Waals surface area contributed by atoms with Gasteiger partial charge in [-0.15, -0.1) is 0 Å². The van der Waals surface area contributed by atoms with Crippen molar-refractivity contribution in [2.75, 3.05) is 0 Å². The molecule has 0 radical (unpaired) electrons. The van der Waals surface area contributed by atoms with Crippen molar-refractivity contribution in [2.45, 2.75) is 47.1 Å². The molecule has 3 heteroatoms. The molecular weight excluding hydrogens is 152 g/mol. The van der Waals surface area contributed by atoms with Crippen LogP contribution in [0, 0.1) is 0 Å². The van der Waals surface area contributed by atoms with Crippen molar-refractivity contribution >= 4 is 11.6 Å². The number of nitrogens with zero attached hydrogens (tertiary/aromatic N) is 2. The molecule has 0 aromatic carbocycles. The third-order valence-electron chi connectivity index (χ3n) is 1.72. The average Bonchev–Trinajstić information content (AvgIpc) is 1.94. The lowest BCUT2D eigenvalue weighted by molar-refractivity contribution is -0.133. The summed E-state index contributed by atoms with van der Waals surface area (Å²) < 4.78 is 0. The Labute approximate surface area is 74.4 Å². The molecule has 0 aromatic heterocycles. The Balaban J connectivity index is 0.00000121. The van der Waals surface area contributed by atoms with Gasteiger partial charge >= 0.3 is 0 Å². The summed E-state index contributed by atoms with van der Waals surface area (Å²) in [6, 6.07) is 0.192. The molecule has 1 aliphatic heterocycles. The van der Waals surface area contributed by atoms with Crippen LogP contribution in [0.5, 0.6) is 0 Å². The van der Waals surface area contributed by atoms with Crippen LogP contribution in [0.15, 0.2) is 5.10 Å². The molecule has 0 atom stereocenters. The fourth-order valence-electron chi connectivity index (χ4n) is 1.10.